The molecule has 1 aromatic carbocycles. The predicted molar refractivity (Wildman–Crippen MR) is 127 cm³/mol. The summed E-state index contributed by atoms with van der Waals surface area (Å²) in [6, 6.07) is 7.13. The molecule has 8 nitrogen and oxygen atoms in total. The highest BCUT2D eigenvalue weighted by atomic mass is 32.2. The van der Waals surface area contributed by atoms with Gasteiger partial charge in [0.1, 0.15) is 0 Å². The number of nitrogens with one attached hydrogen (secondary N) is 1. The van der Waals surface area contributed by atoms with Crippen molar-refractivity contribution in [3.63, 3.8) is 0 Å². The molecule has 200 valence electrons. The fourth-order valence-corrected chi connectivity index (χ4v) is 4.68. The lowest BCUT2D eigenvalue weighted by Crippen LogP contribution is -2.47. The molecule has 35 heavy (non-hydrogen) atoms. The Labute approximate surface area is 205 Å². The summed E-state index contributed by atoms with van der Waals surface area (Å²) in [5.41, 5.74) is 1.11. The van der Waals surface area contributed by atoms with Gasteiger partial charge in [-0.1, -0.05) is 39.8 Å². The fourth-order valence-electron chi connectivity index (χ4n) is 3.22. The standard InChI is InChI=1S/C21H35N3O3S.C2HF3O2/c1-17(2)9-13-24(14-10-21(25)23-15-11-22-12-16-23)28(26,27)20-7-5-19(6-8-20)18(3)4;3-2(4,5)1(6)7/h5-8,17-18,22H,9-16H2,1-4H3;(H,6,7). The topological polar surface area (TPSA) is 107 Å². The minimum atomic E-state index is -5.08. The summed E-state index contributed by atoms with van der Waals surface area (Å²) in [7, 11) is -3.62. The summed E-state index contributed by atoms with van der Waals surface area (Å²) in [4.78, 5) is 23.5. The Balaban J connectivity index is 0.000000762. The van der Waals surface area contributed by atoms with Crippen LogP contribution in [0.4, 0.5) is 13.2 Å². The van der Waals surface area contributed by atoms with Crippen molar-refractivity contribution in [2.45, 2.75) is 57.5 Å². The van der Waals surface area contributed by atoms with Gasteiger partial charge >= 0.3 is 12.1 Å². The lowest BCUT2D eigenvalue weighted by molar-refractivity contribution is -0.192. The Morgan fingerprint density at radius 2 is 1.57 bits per heavy atom. The molecule has 0 spiro atoms. The average molecular weight is 524 g/mol. The second-order valence-electron chi connectivity index (χ2n) is 8.99. The maximum absolute atomic E-state index is 13.2. The first kappa shape index (κ1) is 30.9. The summed E-state index contributed by atoms with van der Waals surface area (Å²) < 4.78 is 59.6. The molecule has 1 fully saturated rings. The van der Waals surface area contributed by atoms with Gasteiger partial charge in [0.25, 0.3) is 0 Å². The molecule has 0 atom stereocenters. The Morgan fingerprint density at radius 1 is 1.06 bits per heavy atom. The van der Waals surface area contributed by atoms with Crippen LogP contribution in [0, 0.1) is 5.92 Å². The number of carboxylic acids is 1. The van der Waals surface area contributed by atoms with Gasteiger partial charge in [0.2, 0.25) is 15.9 Å². The van der Waals surface area contributed by atoms with Gasteiger partial charge in [-0.3, -0.25) is 4.79 Å². The second kappa shape index (κ2) is 13.8. The lowest BCUT2D eigenvalue weighted by Gasteiger charge is -2.29. The van der Waals surface area contributed by atoms with Gasteiger partial charge < -0.3 is 15.3 Å². The highest BCUT2D eigenvalue weighted by Gasteiger charge is 2.38. The van der Waals surface area contributed by atoms with Gasteiger partial charge in [-0.25, -0.2) is 13.2 Å². The number of alkyl halides is 3. The highest BCUT2D eigenvalue weighted by Crippen LogP contribution is 2.21. The molecule has 1 aliphatic rings. The number of piperazine rings is 1. The van der Waals surface area contributed by atoms with Crippen LogP contribution in [0.1, 0.15) is 52.0 Å². The molecule has 1 amide bonds. The minimum absolute atomic E-state index is 0.0291. The zero-order chi connectivity index (χ0) is 26.8. The summed E-state index contributed by atoms with van der Waals surface area (Å²) in [6.07, 6.45) is -4.09. The molecule has 2 N–H and O–H groups in total. The van der Waals surface area contributed by atoms with E-state index in [0.717, 1.165) is 25.1 Å². The second-order valence-corrected chi connectivity index (χ2v) is 10.9. The van der Waals surface area contributed by atoms with Crippen molar-refractivity contribution in [2.75, 3.05) is 39.3 Å². The first-order chi connectivity index (χ1) is 16.2. The fraction of sp³-hybridized carbons (Fsp3) is 0.652. The average Bonchev–Trinajstić information content (AvgIpc) is 2.79. The normalized spacial score (nSPS) is 14.7. The zero-order valence-corrected chi connectivity index (χ0v) is 21.5. The Hall–Kier alpha value is -2.18. The van der Waals surface area contributed by atoms with E-state index in [0.29, 0.717) is 36.4 Å². The number of amides is 1. The van der Waals surface area contributed by atoms with Crippen LogP contribution in [0.3, 0.4) is 0 Å². The third kappa shape index (κ3) is 10.5. The number of nitrogens with zero attached hydrogens (tertiary/aromatic N) is 2. The number of carbonyl (C=O) groups excluding carboxylic acids is 1. The molecule has 0 radical (unpaired) electrons. The van der Waals surface area contributed by atoms with Crippen LogP contribution < -0.4 is 5.32 Å². The molecule has 1 aliphatic heterocycles. The number of carboxylic acid groups (broad SMARTS) is 1. The monoisotopic (exact) mass is 523 g/mol. The molecule has 1 aromatic rings. The molecule has 12 heteroatoms. The van der Waals surface area contributed by atoms with Gasteiger partial charge in [-0.05, 0) is 36.0 Å². The molecule has 0 bridgehead atoms. The predicted octanol–water partition coefficient (Wildman–Crippen LogP) is 3.30. The van der Waals surface area contributed by atoms with Gasteiger partial charge in [0.05, 0.1) is 4.90 Å². The maximum atomic E-state index is 13.2. The van der Waals surface area contributed by atoms with Gasteiger partial charge in [-0.15, -0.1) is 0 Å². The van der Waals surface area contributed by atoms with Crippen LogP contribution in [0.25, 0.3) is 0 Å². The molecule has 1 saturated heterocycles. The van der Waals surface area contributed by atoms with Gasteiger partial charge in [-0.2, -0.15) is 17.5 Å². The van der Waals surface area contributed by atoms with Crippen molar-refractivity contribution in [1.82, 2.24) is 14.5 Å². The van der Waals surface area contributed by atoms with E-state index in [1.807, 2.05) is 17.0 Å². The van der Waals surface area contributed by atoms with E-state index in [1.165, 1.54) is 4.31 Å². The number of carbonyl (C=O) groups is 2. The van der Waals surface area contributed by atoms with Crippen LogP contribution in [0.2, 0.25) is 0 Å². The number of halogens is 3. The van der Waals surface area contributed by atoms with Crippen molar-refractivity contribution < 1.29 is 36.3 Å². The first-order valence-corrected chi connectivity index (χ1v) is 13.0. The quantitative estimate of drug-likeness (QED) is 0.515. The smallest absolute Gasteiger partial charge is 0.475 e. The Bertz CT molecular complexity index is 913. The minimum Gasteiger partial charge on any atom is -0.475 e. The highest BCUT2D eigenvalue weighted by molar-refractivity contribution is 7.89. The Kier molecular flexibility index (Phi) is 12.2. The number of aliphatic carboxylic acids is 1. The maximum Gasteiger partial charge on any atom is 0.490 e. The van der Waals surface area contributed by atoms with Gasteiger partial charge in [0.15, 0.2) is 0 Å². The SMILES string of the molecule is CC(C)CCN(CCC(=O)N1CCNCC1)S(=O)(=O)c1ccc(C(C)C)cc1.O=C(O)C(F)(F)F. The molecule has 0 saturated carbocycles. The van der Waals surface area contributed by atoms with Crippen LogP contribution >= 0.6 is 0 Å². The van der Waals surface area contributed by atoms with Crippen molar-refractivity contribution in [3.05, 3.63) is 29.8 Å². The molecule has 0 aromatic heterocycles. The van der Waals surface area contributed by atoms with Crippen LogP contribution in [0.15, 0.2) is 29.2 Å². The van der Waals surface area contributed by atoms with Crippen molar-refractivity contribution in [1.29, 1.82) is 0 Å². The number of rotatable bonds is 9. The van der Waals surface area contributed by atoms with Gasteiger partial charge in [0, 0.05) is 45.7 Å². The van der Waals surface area contributed by atoms with E-state index in [1.54, 1.807) is 12.1 Å². The van der Waals surface area contributed by atoms with Crippen LogP contribution in [0.5, 0.6) is 0 Å². The zero-order valence-electron chi connectivity index (χ0n) is 20.6. The summed E-state index contributed by atoms with van der Waals surface area (Å²) in [6.45, 7) is 11.9. The molecule has 2 rings (SSSR count). The first-order valence-electron chi connectivity index (χ1n) is 11.5. The number of sulfonamides is 1. The van der Waals surface area contributed by atoms with E-state index in [2.05, 4.69) is 33.0 Å². The van der Waals surface area contributed by atoms with E-state index < -0.39 is 22.2 Å². The largest absolute Gasteiger partial charge is 0.490 e. The lowest BCUT2D eigenvalue weighted by atomic mass is 10.0. The van der Waals surface area contributed by atoms with E-state index in [9.17, 15) is 26.4 Å². The third-order valence-corrected chi connectivity index (χ3v) is 7.34. The van der Waals surface area contributed by atoms with Crippen LogP contribution in [-0.4, -0.2) is 80.1 Å². The van der Waals surface area contributed by atoms with E-state index in [4.69, 9.17) is 9.90 Å². The van der Waals surface area contributed by atoms with Crippen molar-refractivity contribution in [3.8, 4) is 0 Å². The molecular formula is C23H36F3N3O5S. The third-order valence-electron chi connectivity index (χ3n) is 5.43. The summed E-state index contributed by atoms with van der Waals surface area (Å²) >= 11 is 0. The number of hydrogen-bond acceptors (Lipinski definition) is 5. The van der Waals surface area contributed by atoms with E-state index >= 15 is 0 Å². The Morgan fingerprint density at radius 3 is 2.00 bits per heavy atom. The number of hydrogen-bond donors (Lipinski definition) is 2. The summed E-state index contributed by atoms with van der Waals surface area (Å²) in [5, 5.41) is 10.4. The summed E-state index contributed by atoms with van der Waals surface area (Å²) in [5.74, 6) is -1.98. The van der Waals surface area contributed by atoms with Crippen molar-refractivity contribution >= 4 is 21.9 Å². The van der Waals surface area contributed by atoms with Crippen LogP contribution in [-0.2, 0) is 19.6 Å². The van der Waals surface area contributed by atoms with E-state index in [-0.39, 0.29) is 18.9 Å². The molecule has 0 unspecified atom stereocenters. The molecule has 1 heterocycles. The molecular weight excluding hydrogens is 487 g/mol. The molecule has 0 aliphatic carbocycles. The van der Waals surface area contributed by atoms with Crippen molar-refractivity contribution in [2.24, 2.45) is 5.92 Å². The number of benzene rings is 1.